The van der Waals surface area contributed by atoms with Crippen LogP contribution in [0.25, 0.3) is 0 Å². The van der Waals surface area contributed by atoms with Crippen LogP contribution >= 0.6 is 11.6 Å². The standard InChI is InChI=1S/C11H20BClN/c1-10(2)14(11(3)4)12-8-6-5-7-9-13/h10-11H,5,7,9H2,1-4H3. The highest BCUT2D eigenvalue weighted by Crippen LogP contribution is 2.01. The van der Waals surface area contributed by atoms with Crippen molar-refractivity contribution in [3.05, 3.63) is 0 Å². The molecule has 0 aliphatic heterocycles. The molecule has 0 spiro atoms. The van der Waals surface area contributed by atoms with Crippen molar-refractivity contribution in [2.45, 2.75) is 52.6 Å². The molecule has 0 aromatic rings. The van der Waals surface area contributed by atoms with Crippen LogP contribution in [-0.2, 0) is 0 Å². The highest BCUT2D eigenvalue weighted by atomic mass is 35.5. The van der Waals surface area contributed by atoms with Gasteiger partial charge >= 0.3 is 7.41 Å². The molecule has 0 fully saturated rings. The Hall–Kier alpha value is -0.125. The summed E-state index contributed by atoms with van der Waals surface area (Å²) >= 11 is 5.56. The van der Waals surface area contributed by atoms with E-state index in [9.17, 15) is 0 Å². The number of nitrogens with zero attached hydrogens (tertiary/aromatic N) is 1. The quantitative estimate of drug-likeness (QED) is 0.293. The molecule has 79 valence electrons. The van der Waals surface area contributed by atoms with Crippen LogP contribution in [0, 0.1) is 11.7 Å². The van der Waals surface area contributed by atoms with Gasteiger partial charge in [-0.05, 0) is 18.5 Å². The summed E-state index contributed by atoms with van der Waals surface area (Å²) in [7, 11) is 1.99. The van der Waals surface area contributed by atoms with E-state index in [0.29, 0.717) is 18.0 Å². The summed E-state index contributed by atoms with van der Waals surface area (Å²) in [5, 5.41) is 0. The van der Waals surface area contributed by atoms with Crippen molar-refractivity contribution in [1.29, 1.82) is 0 Å². The van der Waals surface area contributed by atoms with Crippen LogP contribution in [0.3, 0.4) is 0 Å². The van der Waals surface area contributed by atoms with Crippen LogP contribution in [-0.4, -0.2) is 30.2 Å². The first kappa shape index (κ1) is 13.9. The monoisotopic (exact) mass is 212 g/mol. The summed E-state index contributed by atoms with van der Waals surface area (Å²) in [4.78, 5) is 2.26. The molecule has 0 aliphatic carbocycles. The molecule has 0 rings (SSSR count). The van der Waals surface area contributed by atoms with E-state index in [2.05, 4.69) is 44.2 Å². The second kappa shape index (κ2) is 8.21. The summed E-state index contributed by atoms with van der Waals surface area (Å²) < 4.78 is 0. The normalized spacial score (nSPS) is 10.6. The van der Waals surface area contributed by atoms with Crippen molar-refractivity contribution in [2.75, 3.05) is 5.88 Å². The number of hydrogen-bond acceptors (Lipinski definition) is 1. The third-order valence-electron chi connectivity index (χ3n) is 1.94. The first-order valence-corrected chi connectivity index (χ1v) is 5.78. The van der Waals surface area contributed by atoms with Crippen molar-refractivity contribution in [1.82, 2.24) is 4.81 Å². The molecule has 0 unspecified atom stereocenters. The van der Waals surface area contributed by atoms with Crippen molar-refractivity contribution < 1.29 is 0 Å². The lowest BCUT2D eigenvalue weighted by Crippen LogP contribution is -2.39. The Labute approximate surface area is 94.5 Å². The zero-order chi connectivity index (χ0) is 11.0. The van der Waals surface area contributed by atoms with E-state index >= 15 is 0 Å². The maximum Gasteiger partial charge on any atom is 0.312 e. The minimum absolute atomic E-state index is 0.511. The Kier molecular flexibility index (Phi) is 8.13. The largest absolute Gasteiger partial charge is 0.330 e. The molecule has 0 aromatic heterocycles. The molecule has 0 saturated heterocycles. The molecule has 0 aliphatic rings. The molecular weight excluding hydrogens is 192 g/mol. The summed E-state index contributed by atoms with van der Waals surface area (Å²) in [6, 6.07) is 1.02. The maximum atomic E-state index is 5.56. The van der Waals surface area contributed by atoms with Crippen molar-refractivity contribution in [3.63, 3.8) is 0 Å². The number of unbranched alkanes of at least 4 members (excludes halogenated alkanes) is 1. The van der Waals surface area contributed by atoms with Crippen LogP contribution in [0.2, 0.25) is 0 Å². The molecule has 0 heterocycles. The van der Waals surface area contributed by atoms with E-state index < -0.39 is 0 Å². The van der Waals surface area contributed by atoms with Gasteiger partial charge in [0.05, 0.1) is 0 Å². The molecule has 3 heteroatoms. The van der Waals surface area contributed by atoms with Gasteiger partial charge in [0.1, 0.15) is 0 Å². The zero-order valence-electron chi connectivity index (χ0n) is 9.68. The molecule has 0 amide bonds. The van der Waals surface area contributed by atoms with Gasteiger partial charge in [-0.25, -0.2) is 0 Å². The average Bonchev–Trinajstić information content (AvgIpc) is 2.09. The SMILES string of the molecule is CC(C)N([B]C#CCCCCl)C(C)C. The summed E-state index contributed by atoms with van der Waals surface area (Å²) in [6.07, 6.45) is 1.87. The molecule has 1 radical (unpaired) electrons. The number of rotatable bonds is 5. The van der Waals surface area contributed by atoms with Gasteiger partial charge in [-0.2, -0.15) is 0 Å². The molecular formula is C11H20BClN. The lowest BCUT2D eigenvalue weighted by molar-refractivity contribution is 0.315. The van der Waals surface area contributed by atoms with E-state index in [0.717, 1.165) is 12.8 Å². The van der Waals surface area contributed by atoms with Crippen LogP contribution in [0.15, 0.2) is 0 Å². The fourth-order valence-corrected chi connectivity index (χ4v) is 1.38. The molecule has 0 saturated carbocycles. The van der Waals surface area contributed by atoms with E-state index in [4.69, 9.17) is 11.6 Å². The van der Waals surface area contributed by atoms with E-state index in [1.807, 2.05) is 7.41 Å². The highest BCUT2D eigenvalue weighted by Gasteiger charge is 2.12. The Bertz CT molecular complexity index is 185. The van der Waals surface area contributed by atoms with Gasteiger partial charge in [-0.15, -0.1) is 23.3 Å². The molecule has 0 atom stereocenters. The van der Waals surface area contributed by atoms with Crippen LogP contribution < -0.4 is 0 Å². The lowest BCUT2D eigenvalue weighted by atomic mass is 9.88. The van der Waals surface area contributed by atoms with Crippen molar-refractivity contribution in [3.8, 4) is 11.7 Å². The molecule has 1 nitrogen and oxygen atoms in total. The minimum Gasteiger partial charge on any atom is -0.330 e. The smallest absolute Gasteiger partial charge is 0.312 e. The third-order valence-corrected chi connectivity index (χ3v) is 2.21. The van der Waals surface area contributed by atoms with Gasteiger partial charge in [0.2, 0.25) is 0 Å². The van der Waals surface area contributed by atoms with E-state index in [1.54, 1.807) is 0 Å². The predicted molar refractivity (Wildman–Crippen MR) is 65.6 cm³/mol. The number of hydrogen-bond donors (Lipinski definition) is 0. The predicted octanol–water partition coefficient (Wildman–Crippen LogP) is 2.70. The summed E-state index contributed by atoms with van der Waals surface area (Å²) in [5.41, 5.74) is 0. The average molecular weight is 213 g/mol. The number of alkyl halides is 1. The Morgan fingerprint density at radius 2 is 1.79 bits per heavy atom. The van der Waals surface area contributed by atoms with Gasteiger partial charge < -0.3 is 4.81 Å². The first-order valence-electron chi connectivity index (χ1n) is 5.24. The van der Waals surface area contributed by atoms with Crippen molar-refractivity contribution >= 4 is 19.0 Å². The van der Waals surface area contributed by atoms with Gasteiger partial charge in [-0.3, -0.25) is 0 Å². The topological polar surface area (TPSA) is 3.24 Å². The summed E-state index contributed by atoms with van der Waals surface area (Å²) in [6.45, 7) is 8.71. The van der Waals surface area contributed by atoms with Crippen molar-refractivity contribution in [2.24, 2.45) is 0 Å². The Morgan fingerprint density at radius 3 is 2.21 bits per heavy atom. The maximum absolute atomic E-state index is 5.56. The van der Waals surface area contributed by atoms with E-state index in [1.165, 1.54) is 0 Å². The summed E-state index contributed by atoms with van der Waals surface area (Å²) in [5.74, 6) is 6.87. The van der Waals surface area contributed by atoms with Gasteiger partial charge in [0.15, 0.2) is 0 Å². The van der Waals surface area contributed by atoms with Gasteiger partial charge in [-0.1, -0.05) is 27.7 Å². The molecule has 0 N–H and O–H groups in total. The molecule has 0 bridgehead atoms. The van der Waals surface area contributed by atoms with Crippen LogP contribution in [0.1, 0.15) is 40.5 Å². The second-order valence-corrected chi connectivity index (χ2v) is 4.26. The highest BCUT2D eigenvalue weighted by molar-refractivity contribution is 6.43. The van der Waals surface area contributed by atoms with Gasteiger partial charge in [0.25, 0.3) is 0 Å². The van der Waals surface area contributed by atoms with E-state index in [-0.39, 0.29) is 0 Å². The second-order valence-electron chi connectivity index (χ2n) is 3.88. The fraction of sp³-hybridized carbons (Fsp3) is 0.818. The first-order chi connectivity index (χ1) is 6.59. The molecule has 0 aromatic carbocycles. The molecule has 14 heavy (non-hydrogen) atoms. The minimum atomic E-state index is 0.511. The Balaban J connectivity index is 3.85. The number of halogens is 1. The lowest BCUT2D eigenvalue weighted by Gasteiger charge is -2.27. The third kappa shape index (κ3) is 6.35. The van der Waals surface area contributed by atoms with Crippen LogP contribution in [0.5, 0.6) is 0 Å². The van der Waals surface area contributed by atoms with Crippen LogP contribution in [0.4, 0.5) is 0 Å². The van der Waals surface area contributed by atoms with Gasteiger partial charge in [0, 0.05) is 12.3 Å². The zero-order valence-corrected chi connectivity index (χ0v) is 10.4. The fourth-order valence-electron chi connectivity index (χ4n) is 1.24. The Morgan fingerprint density at radius 1 is 1.21 bits per heavy atom.